The van der Waals surface area contributed by atoms with Gasteiger partial charge in [-0.3, -0.25) is 0 Å². The smallest absolute Gasteiger partial charge is 0.0641 e. The van der Waals surface area contributed by atoms with Crippen LogP contribution in [0.1, 0.15) is 19.4 Å². The molecule has 0 fully saturated rings. The minimum absolute atomic E-state index is 0.735. The lowest BCUT2D eigenvalue weighted by molar-refractivity contribution is 0.187. The van der Waals surface area contributed by atoms with Gasteiger partial charge in [-0.1, -0.05) is 13.8 Å². The molecule has 74 valence electrons. The van der Waals surface area contributed by atoms with Crippen LogP contribution in [0.3, 0.4) is 0 Å². The summed E-state index contributed by atoms with van der Waals surface area (Å²) in [6.07, 6.45) is 5.50. The Morgan fingerprint density at radius 1 is 1.46 bits per heavy atom. The Bertz CT molecular complexity index is 240. The van der Waals surface area contributed by atoms with Crippen molar-refractivity contribution >= 4 is 0 Å². The van der Waals surface area contributed by atoms with Crippen LogP contribution in [0.15, 0.2) is 18.5 Å². The van der Waals surface area contributed by atoms with Crippen LogP contribution in [0.4, 0.5) is 0 Å². The van der Waals surface area contributed by atoms with Gasteiger partial charge in [-0.25, -0.2) is 0 Å². The molecule has 1 rings (SSSR count). The van der Waals surface area contributed by atoms with Gasteiger partial charge >= 0.3 is 0 Å². The van der Waals surface area contributed by atoms with Crippen LogP contribution in [0.25, 0.3) is 0 Å². The highest BCUT2D eigenvalue weighted by atomic mass is 16.5. The summed E-state index contributed by atoms with van der Waals surface area (Å²) in [4.78, 5) is 0. The van der Waals surface area contributed by atoms with Gasteiger partial charge in [0.2, 0.25) is 0 Å². The van der Waals surface area contributed by atoms with Gasteiger partial charge in [-0.15, -0.1) is 0 Å². The van der Waals surface area contributed by atoms with E-state index in [0.717, 1.165) is 19.1 Å². The second-order valence-corrected chi connectivity index (χ2v) is 3.85. The highest BCUT2D eigenvalue weighted by Gasteiger charge is 1.99. The molecule has 0 aliphatic rings. The Kier molecular flexibility index (Phi) is 4.03. The predicted octanol–water partition coefficient (Wildman–Crippen LogP) is 2.33. The highest BCUT2D eigenvalue weighted by Crippen LogP contribution is 2.08. The number of ether oxygens (including phenoxy) is 1. The van der Waals surface area contributed by atoms with Gasteiger partial charge in [-0.2, -0.15) is 0 Å². The summed E-state index contributed by atoms with van der Waals surface area (Å²) in [6, 6.07) is 2.19. The van der Waals surface area contributed by atoms with E-state index in [-0.39, 0.29) is 0 Å². The van der Waals surface area contributed by atoms with E-state index in [0.29, 0.717) is 0 Å². The van der Waals surface area contributed by atoms with E-state index in [4.69, 9.17) is 4.74 Å². The van der Waals surface area contributed by atoms with Crippen LogP contribution < -0.4 is 0 Å². The van der Waals surface area contributed by atoms with Crippen molar-refractivity contribution in [3.05, 3.63) is 24.0 Å². The maximum atomic E-state index is 5.02. The molecule has 1 aromatic heterocycles. The van der Waals surface area contributed by atoms with Crippen LogP contribution in [0, 0.1) is 5.92 Å². The van der Waals surface area contributed by atoms with Gasteiger partial charge in [0, 0.05) is 26.0 Å². The lowest BCUT2D eigenvalue weighted by Gasteiger charge is -2.02. The number of methoxy groups -OCH3 is 1. The Morgan fingerprint density at radius 2 is 2.23 bits per heavy atom. The van der Waals surface area contributed by atoms with E-state index in [1.54, 1.807) is 7.11 Å². The third kappa shape index (κ3) is 3.64. The average Bonchev–Trinajstić information content (AvgIpc) is 2.48. The number of hydrogen-bond acceptors (Lipinski definition) is 1. The molecule has 0 aliphatic heterocycles. The largest absolute Gasteiger partial charge is 0.383 e. The van der Waals surface area contributed by atoms with E-state index in [1.165, 1.54) is 12.0 Å². The fourth-order valence-electron chi connectivity index (χ4n) is 1.42. The molecule has 1 heterocycles. The molecule has 0 saturated carbocycles. The van der Waals surface area contributed by atoms with Gasteiger partial charge in [0.05, 0.1) is 6.61 Å². The lowest BCUT2D eigenvalue weighted by Crippen LogP contribution is -2.01. The molecule has 2 heteroatoms. The summed E-state index contributed by atoms with van der Waals surface area (Å²) in [5, 5.41) is 0. The summed E-state index contributed by atoms with van der Waals surface area (Å²) in [6.45, 7) is 6.23. The molecule has 1 aromatic rings. The summed E-state index contributed by atoms with van der Waals surface area (Å²) < 4.78 is 7.20. The van der Waals surface area contributed by atoms with Gasteiger partial charge in [0.15, 0.2) is 0 Å². The van der Waals surface area contributed by atoms with Crippen molar-refractivity contribution < 1.29 is 4.74 Å². The minimum atomic E-state index is 0.735. The minimum Gasteiger partial charge on any atom is -0.383 e. The topological polar surface area (TPSA) is 14.2 Å². The fourth-order valence-corrected chi connectivity index (χ4v) is 1.42. The third-order valence-electron chi connectivity index (χ3n) is 2.01. The number of nitrogens with zero attached hydrogens (tertiary/aromatic N) is 1. The van der Waals surface area contributed by atoms with Crippen molar-refractivity contribution in [2.45, 2.75) is 26.8 Å². The molecule has 0 aliphatic carbocycles. The quantitative estimate of drug-likeness (QED) is 0.680. The number of hydrogen-bond donors (Lipinski definition) is 0. The Morgan fingerprint density at radius 3 is 2.85 bits per heavy atom. The maximum Gasteiger partial charge on any atom is 0.0641 e. The zero-order valence-corrected chi connectivity index (χ0v) is 8.79. The monoisotopic (exact) mass is 181 g/mol. The zero-order valence-electron chi connectivity index (χ0n) is 8.79. The second-order valence-electron chi connectivity index (χ2n) is 3.85. The Hall–Kier alpha value is -0.760. The molecule has 0 atom stereocenters. The van der Waals surface area contributed by atoms with E-state index in [9.17, 15) is 0 Å². The standard InChI is InChI=1S/C11H19NO/c1-10(2)8-11-4-5-12(9-11)6-7-13-3/h4-5,9-10H,6-8H2,1-3H3. The summed E-state index contributed by atoms with van der Waals surface area (Å²) >= 11 is 0. The van der Waals surface area contributed by atoms with Crippen molar-refractivity contribution in [1.82, 2.24) is 4.57 Å². The van der Waals surface area contributed by atoms with Crippen molar-refractivity contribution in [3.63, 3.8) is 0 Å². The molecule has 0 N–H and O–H groups in total. The highest BCUT2D eigenvalue weighted by molar-refractivity contribution is 5.10. The molecule has 0 aromatic carbocycles. The average molecular weight is 181 g/mol. The first kappa shape index (κ1) is 10.3. The van der Waals surface area contributed by atoms with Gasteiger partial charge in [0.25, 0.3) is 0 Å². The summed E-state index contributed by atoms with van der Waals surface area (Å²) in [7, 11) is 1.73. The number of rotatable bonds is 5. The fraction of sp³-hybridized carbons (Fsp3) is 0.636. The SMILES string of the molecule is COCCn1ccc(CC(C)C)c1. The van der Waals surface area contributed by atoms with Crippen LogP contribution in [-0.4, -0.2) is 18.3 Å². The van der Waals surface area contributed by atoms with Crippen molar-refractivity contribution in [2.24, 2.45) is 5.92 Å². The normalized spacial score (nSPS) is 11.1. The molecule has 0 amide bonds. The third-order valence-corrected chi connectivity index (χ3v) is 2.01. The summed E-state index contributed by atoms with van der Waals surface area (Å²) in [5.41, 5.74) is 1.42. The predicted molar refractivity (Wildman–Crippen MR) is 54.9 cm³/mol. The second kappa shape index (κ2) is 5.07. The molecule has 0 bridgehead atoms. The van der Waals surface area contributed by atoms with Crippen LogP contribution in [-0.2, 0) is 17.7 Å². The number of aromatic nitrogens is 1. The van der Waals surface area contributed by atoms with Crippen LogP contribution >= 0.6 is 0 Å². The molecule has 0 saturated heterocycles. The molecule has 13 heavy (non-hydrogen) atoms. The van der Waals surface area contributed by atoms with Crippen LogP contribution in [0.2, 0.25) is 0 Å². The van der Waals surface area contributed by atoms with Gasteiger partial charge in [-0.05, 0) is 24.0 Å². The van der Waals surface area contributed by atoms with Crippen LogP contribution in [0.5, 0.6) is 0 Å². The van der Waals surface area contributed by atoms with Crippen molar-refractivity contribution in [3.8, 4) is 0 Å². The van der Waals surface area contributed by atoms with E-state index in [1.807, 2.05) is 0 Å². The molecule has 2 nitrogen and oxygen atoms in total. The molecule has 0 spiro atoms. The van der Waals surface area contributed by atoms with E-state index in [2.05, 4.69) is 36.9 Å². The lowest BCUT2D eigenvalue weighted by atomic mass is 10.1. The Balaban J connectivity index is 2.44. The first-order valence-electron chi connectivity index (χ1n) is 4.86. The molecular formula is C11H19NO. The van der Waals surface area contributed by atoms with E-state index < -0.39 is 0 Å². The Labute approximate surface area is 80.5 Å². The van der Waals surface area contributed by atoms with Gasteiger partial charge in [0.1, 0.15) is 0 Å². The van der Waals surface area contributed by atoms with Gasteiger partial charge < -0.3 is 9.30 Å². The first-order valence-corrected chi connectivity index (χ1v) is 4.86. The molecule has 0 unspecified atom stereocenters. The first-order chi connectivity index (χ1) is 6.22. The van der Waals surface area contributed by atoms with Crippen molar-refractivity contribution in [1.29, 1.82) is 0 Å². The van der Waals surface area contributed by atoms with E-state index >= 15 is 0 Å². The maximum absolute atomic E-state index is 5.02. The van der Waals surface area contributed by atoms with Crippen molar-refractivity contribution in [2.75, 3.05) is 13.7 Å². The summed E-state index contributed by atoms with van der Waals surface area (Å²) in [5.74, 6) is 0.735. The molecule has 0 radical (unpaired) electrons. The molecular weight excluding hydrogens is 162 g/mol. The zero-order chi connectivity index (χ0) is 9.68.